The van der Waals surface area contributed by atoms with E-state index in [9.17, 15) is 14.9 Å². The molecule has 0 fully saturated rings. The number of quaternary nitrogens is 1. The number of benzene rings is 3. The highest BCUT2D eigenvalue weighted by molar-refractivity contribution is 6.34. The van der Waals surface area contributed by atoms with E-state index in [4.69, 9.17) is 11.6 Å². The number of nitro groups is 1. The van der Waals surface area contributed by atoms with Crippen LogP contribution in [-0.4, -0.2) is 10.8 Å². The lowest BCUT2D eigenvalue weighted by Gasteiger charge is -2.20. The number of carbonyl (C=O) groups is 1. The summed E-state index contributed by atoms with van der Waals surface area (Å²) in [6, 6.07) is 22.9. The second-order valence-corrected chi connectivity index (χ2v) is 7.10. The Labute approximate surface area is 173 Å². The van der Waals surface area contributed by atoms with Crippen LogP contribution in [0.1, 0.15) is 30.1 Å². The fourth-order valence-electron chi connectivity index (χ4n) is 3.10. The Bertz CT molecular complexity index is 997. The van der Waals surface area contributed by atoms with Gasteiger partial charge in [0.2, 0.25) is 0 Å². The van der Waals surface area contributed by atoms with Crippen LogP contribution in [-0.2, 0) is 4.79 Å². The third-order valence-corrected chi connectivity index (χ3v) is 4.98. The van der Waals surface area contributed by atoms with Crippen molar-refractivity contribution < 1.29 is 15.0 Å². The number of nitrogens with one attached hydrogen (secondary N) is 1. The van der Waals surface area contributed by atoms with Crippen LogP contribution in [0.3, 0.4) is 0 Å². The van der Waals surface area contributed by atoms with Gasteiger partial charge in [0, 0.05) is 23.3 Å². The summed E-state index contributed by atoms with van der Waals surface area (Å²) in [7, 11) is 0. The van der Waals surface area contributed by atoms with Gasteiger partial charge in [0.05, 0.1) is 15.6 Å². The van der Waals surface area contributed by atoms with Crippen molar-refractivity contribution in [2.45, 2.75) is 19.0 Å². The van der Waals surface area contributed by atoms with E-state index in [1.54, 1.807) is 0 Å². The van der Waals surface area contributed by atoms with Gasteiger partial charge in [0.25, 0.3) is 11.6 Å². The first-order chi connectivity index (χ1) is 14.0. The Hall–Kier alpha value is -3.22. The van der Waals surface area contributed by atoms with Crippen LogP contribution in [0.2, 0.25) is 5.02 Å². The van der Waals surface area contributed by atoms with Crippen molar-refractivity contribution in [2.75, 3.05) is 5.32 Å². The summed E-state index contributed by atoms with van der Waals surface area (Å²) in [6.07, 6.45) is 0. The van der Waals surface area contributed by atoms with Gasteiger partial charge in [-0.3, -0.25) is 14.9 Å². The molecule has 0 aliphatic rings. The summed E-state index contributed by atoms with van der Waals surface area (Å²) in [4.78, 5) is 23.5. The normalized spacial score (nSPS) is 12.8. The topological polar surface area (TPSA) is 88.8 Å². The van der Waals surface area contributed by atoms with Crippen molar-refractivity contribution in [3.05, 3.63) is 105 Å². The number of amides is 1. The van der Waals surface area contributed by atoms with Gasteiger partial charge in [0.15, 0.2) is 6.04 Å². The first-order valence-electron chi connectivity index (χ1n) is 9.15. The molecule has 0 aromatic heterocycles. The van der Waals surface area contributed by atoms with E-state index < -0.39 is 11.0 Å². The number of nitrogens with zero attached hydrogens (tertiary/aromatic N) is 1. The molecule has 1 amide bonds. The predicted octanol–water partition coefficient (Wildman–Crippen LogP) is 4.25. The molecule has 0 bridgehead atoms. The zero-order valence-corrected chi connectivity index (χ0v) is 16.5. The van der Waals surface area contributed by atoms with Gasteiger partial charge in [-0.05, 0) is 13.0 Å². The highest BCUT2D eigenvalue weighted by Crippen LogP contribution is 2.27. The van der Waals surface area contributed by atoms with Crippen LogP contribution in [0.15, 0.2) is 78.9 Å². The minimum absolute atomic E-state index is 0.0412. The molecule has 7 heteroatoms. The standard InChI is InChI=1S/C22H20ClN3O3/c1-15(16-8-4-2-5-9-16)24-21(17-10-6-3-7-11-17)22(27)25-20-13-12-18(26(28)29)14-19(20)23/h2-15,21,24H,1H3,(H,25,27)/p+1/t15-,21-/m0/s1. The van der Waals surface area contributed by atoms with Crippen molar-refractivity contribution >= 4 is 28.9 Å². The minimum Gasteiger partial charge on any atom is -0.326 e. The quantitative estimate of drug-likeness (QED) is 0.450. The zero-order chi connectivity index (χ0) is 20.8. The van der Waals surface area contributed by atoms with E-state index in [1.165, 1.54) is 18.2 Å². The highest BCUT2D eigenvalue weighted by atomic mass is 35.5. The molecule has 0 unspecified atom stereocenters. The zero-order valence-electron chi connectivity index (χ0n) is 15.8. The van der Waals surface area contributed by atoms with Crippen molar-refractivity contribution in [1.29, 1.82) is 0 Å². The fourth-order valence-corrected chi connectivity index (χ4v) is 3.32. The summed E-state index contributed by atoms with van der Waals surface area (Å²) in [6.45, 7) is 2.04. The van der Waals surface area contributed by atoms with Crippen LogP contribution in [0.25, 0.3) is 0 Å². The van der Waals surface area contributed by atoms with Crippen LogP contribution >= 0.6 is 11.6 Å². The van der Waals surface area contributed by atoms with E-state index >= 15 is 0 Å². The van der Waals surface area contributed by atoms with Gasteiger partial charge in [-0.1, -0.05) is 72.3 Å². The lowest BCUT2D eigenvalue weighted by Crippen LogP contribution is -2.87. The Morgan fingerprint density at radius 1 is 1.00 bits per heavy atom. The Morgan fingerprint density at radius 2 is 1.59 bits per heavy atom. The first-order valence-corrected chi connectivity index (χ1v) is 9.53. The molecule has 2 atom stereocenters. The molecular formula is C22H21ClN3O3+. The number of carbonyl (C=O) groups excluding carboxylic acids is 1. The molecule has 3 N–H and O–H groups in total. The van der Waals surface area contributed by atoms with Crippen LogP contribution < -0.4 is 10.6 Å². The third kappa shape index (κ3) is 5.19. The van der Waals surface area contributed by atoms with Gasteiger partial charge >= 0.3 is 0 Å². The molecule has 0 radical (unpaired) electrons. The average Bonchev–Trinajstić information content (AvgIpc) is 2.74. The summed E-state index contributed by atoms with van der Waals surface area (Å²) >= 11 is 6.14. The molecule has 6 nitrogen and oxygen atoms in total. The molecule has 29 heavy (non-hydrogen) atoms. The minimum atomic E-state index is -0.528. The van der Waals surface area contributed by atoms with Crippen molar-refractivity contribution in [3.63, 3.8) is 0 Å². The van der Waals surface area contributed by atoms with Crippen LogP contribution in [0, 0.1) is 10.1 Å². The molecule has 0 spiro atoms. The summed E-state index contributed by atoms with van der Waals surface area (Å²) in [5.41, 5.74) is 2.17. The second kappa shape index (κ2) is 9.32. The number of hydrogen-bond acceptors (Lipinski definition) is 3. The summed E-state index contributed by atoms with van der Waals surface area (Å²) < 4.78 is 0. The van der Waals surface area contributed by atoms with E-state index in [0.29, 0.717) is 5.69 Å². The number of nitro benzene ring substituents is 1. The molecule has 3 rings (SSSR count). The predicted molar refractivity (Wildman–Crippen MR) is 113 cm³/mol. The molecule has 3 aromatic carbocycles. The van der Waals surface area contributed by atoms with E-state index in [2.05, 4.69) is 5.32 Å². The Kier molecular flexibility index (Phi) is 6.59. The van der Waals surface area contributed by atoms with Crippen LogP contribution in [0.4, 0.5) is 11.4 Å². The molecule has 0 saturated heterocycles. The fraction of sp³-hybridized carbons (Fsp3) is 0.136. The monoisotopic (exact) mass is 410 g/mol. The summed E-state index contributed by atoms with van der Waals surface area (Å²) in [5, 5.41) is 15.8. The smallest absolute Gasteiger partial charge is 0.287 e. The maximum absolute atomic E-state index is 13.1. The molecule has 3 aromatic rings. The Balaban J connectivity index is 1.84. The number of rotatable bonds is 7. The maximum Gasteiger partial charge on any atom is 0.287 e. The van der Waals surface area contributed by atoms with Gasteiger partial charge in [-0.25, -0.2) is 0 Å². The number of halogens is 1. The lowest BCUT2D eigenvalue weighted by atomic mass is 10.0. The SMILES string of the molecule is C[C@H]([NH2+][C@H](C(=O)Nc1ccc([N+](=O)[O-])cc1Cl)c1ccccc1)c1ccccc1. The maximum atomic E-state index is 13.1. The van der Waals surface area contributed by atoms with E-state index in [-0.39, 0.29) is 22.7 Å². The molecule has 0 aliphatic heterocycles. The molecule has 0 aliphatic carbocycles. The number of hydrogen-bond donors (Lipinski definition) is 2. The highest BCUT2D eigenvalue weighted by Gasteiger charge is 2.27. The number of anilines is 1. The lowest BCUT2D eigenvalue weighted by molar-refractivity contribution is -0.718. The number of non-ortho nitro benzene ring substituents is 1. The van der Waals surface area contributed by atoms with Crippen molar-refractivity contribution in [1.82, 2.24) is 0 Å². The van der Waals surface area contributed by atoms with Gasteiger partial charge in [0.1, 0.15) is 6.04 Å². The number of nitrogens with two attached hydrogens (primary N) is 1. The molecule has 0 saturated carbocycles. The molecule has 148 valence electrons. The van der Waals surface area contributed by atoms with Gasteiger partial charge < -0.3 is 10.6 Å². The van der Waals surface area contributed by atoms with E-state index in [0.717, 1.165) is 11.1 Å². The van der Waals surface area contributed by atoms with Crippen LogP contribution in [0.5, 0.6) is 0 Å². The second-order valence-electron chi connectivity index (χ2n) is 6.69. The van der Waals surface area contributed by atoms with Gasteiger partial charge in [-0.2, -0.15) is 0 Å². The Morgan fingerprint density at radius 3 is 2.14 bits per heavy atom. The average molecular weight is 411 g/mol. The third-order valence-electron chi connectivity index (χ3n) is 4.67. The summed E-state index contributed by atoms with van der Waals surface area (Å²) in [5.74, 6) is -0.255. The van der Waals surface area contributed by atoms with Crippen molar-refractivity contribution in [2.24, 2.45) is 0 Å². The largest absolute Gasteiger partial charge is 0.326 e. The van der Waals surface area contributed by atoms with Gasteiger partial charge in [-0.15, -0.1) is 0 Å². The molecule has 0 heterocycles. The first kappa shape index (κ1) is 20.5. The van der Waals surface area contributed by atoms with E-state index in [1.807, 2.05) is 72.9 Å². The molecular weight excluding hydrogens is 390 g/mol. The van der Waals surface area contributed by atoms with Crippen molar-refractivity contribution in [3.8, 4) is 0 Å².